The van der Waals surface area contributed by atoms with Crippen LogP contribution >= 0.6 is 0 Å². The van der Waals surface area contributed by atoms with E-state index in [1.807, 2.05) is 42.0 Å². The van der Waals surface area contributed by atoms with Crippen LogP contribution < -0.4 is 9.64 Å². The number of fused-ring (bicyclic) bond motifs is 3. The van der Waals surface area contributed by atoms with E-state index < -0.39 is 0 Å². The van der Waals surface area contributed by atoms with E-state index in [0.29, 0.717) is 12.5 Å². The number of pyridine rings is 1. The lowest BCUT2D eigenvalue weighted by molar-refractivity contribution is 0.290. The van der Waals surface area contributed by atoms with E-state index in [1.54, 1.807) is 6.20 Å². The van der Waals surface area contributed by atoms with E-state index in [-0.39, 0.29) is 0 Å². The molecule has 1 aliphatic rings. The molecular weight excluding hydrogens is 276 g/mol. The molecule has 110 valence electrons. The smallest absolute Gasteiger partial charge is 0.223 e. The summed E-state index contributed by atoms with van der Waals surface area (Å²) in [7, 11) is 3.95. The normalized spacial score (nSPS) is 12.3. The molecule has 3 heterocycles. The Bertz CT molecular complexity index is 825. The van der Waals surface area contributed by atoms with Gasteiger partial charge in [-0.3, -0.25) is 0 Å². The van der Waals surface area contributed by atoms with Gasteiger partial charge in [0.2, 0.25) is 5.88 Å². The highest BCUT2D eigenvalue weighted by atomic mass is 16.5. The Morgan fingerprint density at radius 1 is 1.14 bits per heavy atom. The van der Waals surface area contributed by atoms with E-state index in [9.17, 15) is 0 Å². The molecule has 0 aliphatic carbocycles. The first-order chi connectivity index (χ1) is 10.7. The van der Waals surface area contributed by atoms with Crippen molar-refractivity contribution >= 4 is 5.82 Å². The lowest BCUT2D eigenvalue weighted by Gasteiger charge is -2.22. The maximum Gasteiger partial charge on any atom is 0.223 e. The number of ether oxygens (including phenoxy) is 1. The molecule has 2 aromatic heterocycles. The molecule has 1 aromatic carbocycles. The van der Waals surface area contributed by atoms with Crippen LogP contribution in [0.5, 0.6) is 5.88 Å². The Hall–Kier alpha value is -2.82. The summed E-state index contributed by atoms with van der Waals surface area (Å²) in [4.78, 5) is 6.54. The number of anilines is 1. The molecule has 0 amide bonds. The lowest BCUT2D eigenvalue weighted by Crippen LogP contribution is -2.13. The summed E-state index contributed by atoms with van der Waals surface area (Å²) in [6.45, 7) is 0.529. The summed E-state index contributed by atoms with van der Waals surface area (Å²) in [6, 6.07) is 12.3. The zero-order valence-corrected chi connectivity index (χ0v) is 12.5. The highest BCUT2D eigenvalue weighted by Gasteiger charge is 2.19. The number of aromatic nitrogens is 3. The number of nitrogens with zero attached hydrogens (tertiary/aromatic N) is 4. The lowest BCUT2D eigenvalue weighted by atomic mass is 9.98. The Balaban J connectivity index is 1.79. The number of hydrogen-bond donors (Lipinski definition) is 0. The first kappa shape index (κ1) is 12.9. The third-order valence-corrected chi connectivity index (χ3v) is 3.82. The van der Waals surface area contributed by atoms with Crippen molar-refractivity contribution in [2.24, 2.45) is 0 Å². The van der Waals surface area contributed by atoms with Crippen LogP contribution in [0.3, 0.4) is 0 Å². The monoisotopic (exact) mass is 292 g/mol. The molecule has 0 saturated heterocycles. The van der Waals surface area contributed by atoms with Crippen molar-refractivity contribution in [1.82, 2.24) is 14.8 Å². The molecule has 0 atom stereocenters. The Morgan fingerprint density at radius 3 is 2.77 bits per heavy atom. The average molecular weight is 292 g/mol. The summed E-state index contributed by atoms with van der Waals surface area (Å²) in [6.07, 6.45) is 3.71. The van der Waals surface area contributed by atoms with Gasteiger partial charge in [0.1, 0.15) is 12.4 Å². The van der Waals surface area contributed by atoms with Gasteiger partial charge in [-0.05, 0) is 41.5 Å². The minimum Gasteiger partial charge on any atom is -0.472 e. The van der Waals surface area contributed by atoms with Crippen LogP contribution in [-0.4, -0.2) is 28.9 Å². The van der Waals surface area contributed by atoms with Gasteiger partial charge >= 0.3 is 0 Å². The zero-order chi connectivity index (χ0) is 15.1. The fourth-order valence-corrected chi connectivity index (χ4v) is 2.67. The molecule has 5 heteroatoms. The summed E-state index contributed by atoms with van der Waals surface area (Å²) >= 11 is 0. The summed E-state index contributed by atoms with van der Waals surface area (Å²) < 4.78 is 7.70. The van der Waals surface area contributed by atoms with Crippen molar-refractivity contribution in [2.75, 3.05) is 19.0 Å². The van der Waals surface area contributed by atoms with Crippen LogP contribution in [0.15, 0.2) is 48.8 Å². The van der Waals surface area contributed by atoms with Gasteiger partial charge in [0.25, 0.3) is 0 Å². The third kappa shape index (κ3) is 2.02. The number of rotatable bonds is 2. The Kier molecular flexibility index (Phi) is 2.85. The second kappa shape index (κ2) is 4.87. The molecule has 0 radical (unpaired) electrons. The zero-order valence-electron chi connectivity index (χ0n) is 12.5. The summed E-state index contributed by atoms with van der Waals surface area (Å²) in [5.41, 5.74) is 4.41. The fourth-order valence-electron chi connectivity index (χ4n) is 2.67. The Morgan fingerprint density at radius 2 is 2.00 bits per heavy atom. The predicted molar refractivity (Wildman–Crippen MR) is 85.5 cm³/mol. The minimum absolute atomic E-state index is 0.529. The second-order valence-corrected chi connectivity index (χ2v) is 5.50. The van der Waals surface area contributed by atoms with Crippen molar-refractivity contribution < 1.29 is 4.74 Å². The molecule has 0 spiro atoms. The van der Waals surface area contributed by atoms with Crippen LogP contribution in [0.25, 0.3) is 16.8 Å². The highest BCUT2D eigenvalue weighted by Crippen LogP contribution is 2.37. The molecule has 5 nitrogen and oxygen atoms in total. The molecule has 0 unspecified atom stereocenters. The van der Waals surface area contributed by atoms with Crippen molar-refractivity contribution in [2.45, 2.75) is 6.61 Å². The van der Waals surface area contributed by atoms with Crippen molar-refractivity contribution in [1.29, 1.82) is 0 Å². The van der Waals surface area contributed by atoms with Crippen molar-refractivity contribution in [3.05, 3.63) is 54.4 Å². The maximum atomic E-state index is 5.85. The second-order valence-electron chi connectivity index (χ2n) is 5.50. The third-order valence-electron chi connectivity index (χ3n) is 3.82. The SMILES string of the molecule is CN(C)c1ccc2c(n1)OCc1cc(-n3cccn3)ccc1-2. The minimum atomic E-state index is 0.529. The largest absolute Gasteiger partial charge is 0.472 e. The van der Waals surface area contributed by atoms with E-state index in [2.05, 4.69) is 34.3 Å². The number of benzene rings is 1. The van der Waals surface area contributed by atoms with Gasteiger partial charge in [-0.1, -0.05) is 6.07 Å². The molecule has 22 heavy (non-hydrogen) atoms. The van der Waals surface area contributed by atoms with E-state index in [1.165, 1.54) is 5.56 Å². The first-order valence-electron chi connectivity index (χ1n) is 7.17. The van der Waals surface area contributed by atoms with Gasteiger partial charge in [0.15, 0.2) is 0 Å². The average Bonchev–Trinajstić information content (AvgIpc) is 3.08. The van der Waals surface area contributed by atoms with Gasteiger partial charge in [-0.25, -0.2) is 4.68 Å². The van der Waals surface area contributed by atoms with Crippen LogP contribution in [0.4, 0.5) is 5.82 Å². The van der Waals surface area contributed by atoms with Gasteiger partial charge in [0.05, 0.1) is 5.69 Å². The van der Waals surface area contributed by atoms with E-state index >= 15 is 0 Å². The molecule has 3 aromatic rings. The van der Waals surface area contributed by atoms with Crippen LogP contribution in [0.2, 0.25) is 0 Å². The quantitative estimate of drug-likeness (QED) is 0.728. The van der Waals surface area contributed by atoms with Crippen LogP contribution in [0, 0.1) is 0 Å². The predicted octanol–water partition coefficient (Wildman–Crippen LogP) is 2.89. The number of hydrogen-bond acceptors (Lipinski definition) is 4. The van der Waals surface area contributed by atoms with Crippen molar-refractivity contribution in [3.8, 4) is 22.7 Å². The van der Waals surface area contributed by atoms with Crippen LogP contribution in [0.1, 0.15) is 5.56 Å². The van der Waals surface area contributed by atoms with Gasteiger partial charge < -0.3 is 9.64 Å². The van der Waals surface area contributed by atoms with E-state index in [0.717, 1.165) is 22.6 Å². The van der Waals surface area contributed by atoms with Crippen molar-refractivity contribution in [3.63, 3.8) is 0 Å². The van der Waals surface area contributed by atoms with Gasteiger partial charge in [-0.2, -0.15) is 10.1 Å². The molecule has 1 aliphatic heterocycles. The molecular formula is C17H16N4O. The maximum absolute atomic E-state index is 5.85. The molecule has 4 rings (SSSR count). The molecule has 0 bridgehead atoms. The van der Waals surface area contributed by atoms with Crippen LogP contribution in [-0.2, 0) is 6.61 Å². The standard InChI is InChI=1S/C17H16N4O/c1-20(2)16-7-6-15-14-5-4-13(21-9-3-8-18-21)10-12(14)11-22-17(15)19-16/h3-10H,11H2,1-2H3. The topological polar surface area (TPSA) is 43.2 Å². The highest BCUT2D eigenvalue weighted by molar-refractivity contribution is 5.75. The fraction of sp³-hybridized carbons (Fsp3) is 0.176. The summed E-state index contributed by atoms with van der Waals surface area (Å²) in [5.74, 6) is 1.60. The Labute approximate surface area is 128 Å². The van der Waals surface area contributed by atoms with E-state index in [4.69, 9.17) is 4.74 Å². The molecule has 0 saturated carbocycles. The first-order valence-corrected chi connectivity index (χ1v) is 7.17. The molecule has 0 N–H and O–H groups in total. The summed E-state index contributed by atoms with van der Waals surface area (Å²) in [5, 5.41) is 4.27. The van der Waals surface area contributed by atoms with Gasteiger partial charge in [0, 0.05) is 32.1 Å². The molecule has 0 fully saturated rings. The van der Waals surface area contributed by atoms with Gasteiger partial charge in [-0.15, -0.1) is 0 Å².